The molecule has 4 heterocycles. The van der Waals surface area contributed by atoms with E-state index in [-0.39, 0.29) is 23.1 Å². The van der Waals surface area contributed by atoms with E-state index in [1.165, 1.54) is 11.1 Å². The normalized spacial score (nSPS) is 16.6. The molecular formula is C28H34N6O2. The maximum absolute atomic E-state index is 12.6. The molecule has 8 heteroatoms. The Morgan fingerprint density at radius 2 is 1.89 bits per heavy atom. The van der Waals surface area contributed by atoms with Crippen LogP contribution < -0.4 is 10.2 Å². The van der Waals surface area contributed by atoms with Gasteiger partial charge in [-0.3, -0.25) is 9.59 Å². The highest BCUT2D eigenvalue weighted by atomic mass is 16.2. The molecule has 0 atom stereocenters. The average Bonchev–Trinajstić information content (AvgIpc) is 3.27. The molecule has 0 bridgehead atoms. The van der Waals surface area contributed by atoms with Crippen molar-refractivity contribution < 1.29 is 9.59 Å². The zero-order valence-corrected chi connectivity index (χ0v) is 21.5. The molecule has 3 aromatic rings. The maximum Gasteiger partial charge on any atom is 0.228 e. The minimum absolute atomic E-state index is 0.0488. The molecule has 2 aromatic heterocycles. The van der Waals surface area contributed by atoms with Crippen LogP contribution in [0.25, 0.3) is 11.1 Å². The first-order chi connectivity index (χ1) is 17.2. The number of hydrogen-bond acceptors (Lipinski definition) is 5. The molecule has 1 saturated heterocycles. The van der Waals surface area contributed by atoms with Gasteiger partial charge in [0, 0.05) is 44.3 Å². The molecule has 1 N–H and O–H groups in total. The molecule has 36 heavy (non-hydrogen) atoms. The highest BCUT2D eigenvalue weighted by Crippen LogP contribution is 2.31. The Morgan fingerprint density at radius 3 is 2.56 bits per heavy atom. The third-order valence-corrected chi connectivity index (χ3v) is 7.03. The summed E-state index contributed by atoms with van der Waals surface area (Å²) in [5.41, 5.74) is 5.20. The van der Waals surface area contributed by atoms with Crippen molar-refractivity contribution in [2.45, 2.75) is 40.7 Å². The topological polar surface area (TPSA) is 82.8 Å². The number of nitrogens with zero attached hydrogens (tertiary/aromatic N) is 5. The van der Waals surface area contributed by atoms with Crippen molar-refractivity contribution in [1.29, 1.82) is 0 Å². The lowest BCUT2D eigenvalue weighted by Crippen LogP contribution is -2.54. The first kappa shape index (κ1) is 24.0. The predicted octanol–water partition coefficient (Wildman–Crippen LogP) is 3.45. The van der Waals surface area contributed by atoms with Crippen molar-refractivity contribution in [3.63, 3.8) is 0 Å². The maximum atomic E-state index is 12.6. The lowest BCUT2D eigenvalue weighted by atomic mass is 9.93. The van der Waals surface area contributed by atoms with Crippen LogP contribution in [0, 0.1) is 18.3 Å². The van der Waals surface area contributed by atoms with Crippen molar-refractivity contribution in [2.75, 3.05) is 31.1 Å². The molecule has 1 aromatic carbocycles. The van der Waals surface area contributed by atoms with Gasteiger partial charge in [0.1, 0.15) is 11.8 Å². The molecule has 2 aliphatic rings. The van der Waals surface area contributed by atoms with Crippen molar-refractivity contribution in [3.8, 4) is 0 Å². The zero-order valence-electron chi connectivity index (χ0n) is 21.5. The lowest BCUT2D eigenvalue weighted by Gasteiger charge is -2.39. The standard InChI is InChI=1S/C28H34N6O2/c1-19-5-7-20(8-6-19)14-29-26(35)23-15-33(16-23)25-24-13-22(17-34(24)31-18-30-25)21-9-11-32(12-10-21)27(36)28(2,3)4/h5-9,13,17-18,23H,10-12,14-16H2,1-4H3,(H,29,35). The molecule has 0 unspecified atom stereocenters. The van der Waals surface area contributed by atoms with Crippen LogP contribution in [0.4, 0.5) is 5.82 Å². The second-order valence-electron chi connectivity index (χ2n) is 10.9. The monoisotopic (exact) mass is 486 g/mol. The highest BCUT2D eigenvalue weighted by Gasteiger charge is 2.34. The van der Waals surface area contributed by atoms with Crippen LogP contribution in [0.1, 0.15) is 43.9 Å². The number of aromatic nitrogens is 3. The molecule has 1 fully saturated rings. The number of hydrogen-bond donors (Lipinski definition) is 1. The Kier molecular flexibility index (Phi) is 6.28. The number of amides is 2. The number of aryl methyl sites for hydroxylation is 1. The smallest absolute Gasteiger partial charge is 0.228 e. The van der Waals surface area contributed by atoms with Gasteiger partial charge < -0.3 is 15.1 Å². The van der Waals surface area contributed by atoms with Gasteiger partial charge in [-0.15, -0.1) is 0 Å². The van der Waals surface area contributed by atoms with Crippen LogP contribution in [0.2, 0.25) is 0 Å². The van der Waals surface area contributed by atoms with E-state index < -0.39 is 0 Å². The van der Waals surface area contributed by atoms with E-state index >= 15 is 0 Å². The quantitative estimate of drug-likeness (QED) is 0.597. The minimum Gasteiger partial charge on any atom is -0.353 e. The van der Waals surface area contributed by atoms with Gasteiger partial charge in [-0.25, -0.2) is 9.50 Å². The summed E-state index contributed by atoms with van der Waals surface area (Å²) < 4.78 is 1.86. The second-order valence-corrected chi connectivity index (χ2v) is 10.9. The third kappa shape index (κ3) is 4.85. The van der Waals surface area contributed by atoms with E-state index in [4.69, 9.17) is 0 Å². The van der Waals surface area contributed by atoms with Gasteiger partial charge in [-0.2, -0.15) is 5.10 Å². The van der Waals surface area contributed by atoms with Crippen molar-refractivity contribution in [2.24, 2.45) is 11.3 Å². The van der Waals surface area contributed by atoms with Gasteiger partial charge >= 0.3 is 0 Å². The Labute approximate surface area is 212 Å². The summed E-state index contributed by atoms with van der Waals surface area (Å²) in [6.45, 7) is 11.1. The molecular weight excluding hydrogens is 452 g/mol. The van der Waals surface area contributed by atoms with Crippen LogP contribution in [0.3, 0.4) is 0 Å². The molecule has 0 aliphatic carbocycles. The SMILES string of the molecule is Cc1ccc(CNC(=O)C2CN(c3ncnn4cc(C5=CCN(C(=O)C(C)(C)C)CC5)cc34)C2)cc1. The molecule has 0 spiro atoms. The van der Waals surface area contributed by atoms with E-state index in [1.54, 1.807) is 6.33 Å². The summed E-state index contributed by atoms with van der Waals surface area (Å²) >= 11 is 0. The fourth-order valence-electron chi connectivity index (χ4n) is 4.78. The third-order valence-electron chi connectivity index (χ3n) is 7.03. The van der Waals surface area contributed by atoms with Gasteiger partial charge in [0.25, 0.3) is 0 Å². The molecule has 0 saturated carbocycles. The number of benzene rings is 1. The van der Waals surface area contributed by atoms with Crippen LogP contribution in [0.15, 0.2) is 48.9 Å². The Balaban J connectivity index is 1.22. The van der Waals surface area contributed by atoms with Crippen LogP contribution in [0.5, 0.6) is 0 Å². The molecule has 2 aliphatic heterocycles. The van der Waals surface area contributed by atoms with Gasteiger partial charge in [-0.1, -0.05) is 56.7 Å². The first-order valence-corrected chi connectivity index (χ1v) is 12.6. The fourth-order valence-corrected chi connectivity index (χ4v) is 4.78. The summed E-state index contributed by atoms with van der Waals surface area (Å²) in [7, 11) is 0. The van der Waals surface area contributed by atoms with E-state index in [2.05, 4.69) is 51.5 Å². The highest BCUT2D eigenvalue weighted by molar-refractivity contribution is 5.85. The average molecular weight is 487 g/mol. The second kappa shape index (κ2) is 9.41. The molecule has 188 valence electrons. The molecule has 2 amide bonds. The van der Waals surface area contributed by atoms with Crippen molar-refractivity contribution in [1.82, 2.24) is 24.8 Å². The van der Waals surface area contributed by atoms with Crippen LogP contribution >= 0.6 is 0 Å². The van der Waals surface area contributed by atoms with E-state index in [0.29, 0.717) is 26.2 Å². The molecule has 0 radical (unpaired) electrons. The van der Waals surface area contributed by atoms with Crippen LogP contribution in [-0.4, -0.2) is 57.5 Å². The number of rotatable bonds is 5. The number of nitrogens with one attached hydrogen (secondary N) is 1. The number of fused-ring (bicyclic) bond motifs is 1. The van der Waals surface area contributed by atoms with Gasteiger partial charge in [-0.05, 0) is 36.1 Å². The number of anilines is 1. The first-order valence-electron chi connectivity index (χ1n) is 12.6. The van der Waals surface area contributed by atoms with Gasteiger partial charge in [0.05, 0.1) is 5.92 Å². The van der Waals surface area contributed by atoms with Gasteiger partial charge in [0.15, 0.2) is 5.82 Å². The van der Waals surface area contributed by atoms with Crippen molar-refractivity contribution >= 4 is 28.7 Å². The van der Waals surface area contributed by atoms with E-state index in [1.807, 2.05) is 48.5 Å². The van der Waals surface area contributed by atoms with Crippen LogP contribution in [-0.2, 0) is 16.1 Å². The van der Waals surface area contributed by atoms with Gasteiger partial charge in [0.2, 0.25) is 11.8 Å². The fraction of sp³-hybridized carbons (Fsp3) is 0.429. The largest absolute Gasteiger partial charge is 0.353 e. The zero-order chi connectivity index (χ0) is 25.4. The summed E-state index contributed by atoms with van der Waals surface area (Å²) in [5, 5.41) is 7.46. The number of carbonyl (C=O) groups excluding carboxylic acids is 2. The lowest BCUT2D eigenvalue weighted by molar-refractivity contribution is -0.139. The van der Waals surface area contributed by atoms with E-state index in [0.717, 1.165) is 35.4 Å². The molecule has 8 nitrogen and oxygen atoms in total. The Morgan fingerprint density at radius 1 is 1.14 bits per heavy atom. The summed E-state index contributed by atoms with van der Waals surface area (Å²) in [5.74, 6) is 1.06. The number of carbonyl (C=O) groups is 2. The molecule has 5 rings (SSSR count). The summed E-state index contributed by atoms with van der Waals surface area (Å²) in [4.78, 5) is 33.8. The van der Waals surface area contributed by atoms with E-state index in [9.17, 15) is 9.59 Å². The Bertz CT molecular complexity index is 1310. The predicted molar refractivity (Wildman–Crippen MR) is 140 cm³/mol. The summed E-state index contributed by atoms with van der Waals surface area (Å²) in [6, 6.07) is 10.3. The Hall–Kier alpha value is -3.68. The minimum atomic E-state index is -0.368. The summed E-state index contributed by atoms with van der Waals surface area (Å²) in [6.07, 6.45) is 6.55. The van der Waals surface area contributed by atoms with Crippen molar-refractivity contribution in [3.05, 3.63) is 65.6 Å².